The first kappa shape index (κ1) is 17.8. The lowest BCUT2D eigenvalue weighted by atomic mass is 10.2. The van der Waals surface area contributed by atoms with Crippen LogP contribution in [0.15, 0.2) is 36.4 Å². The molecule has 0 spiro atoms. The van der Waals surface area contributed by atoms with Crippen molar-refractivity contribution in [1.82, 2.24) is 4.57 Å². The molecular weight excluding hydrogens is 304 g/mol. The molecule has 1 aromatic carbocycles. The number of anilines is 1. The van der Waals surface area contributed by atoms with E-state index >= 15 is 0 Å². The summed E-state index contributed by atoms with van der Waals surface area (Å²) < 4.78 is 7.41. The summed E-state index contributed by atoms with van der Waals surface area (Å²) in [6, 6.07) is 11.1. The fraction of sp³-hybridized carbons (Fsp3) is 0.368. The largest absolute Gasteiger partial charge is 0.449 e. The van der Waals surface area contributed by atoms with E-state index < -0.39 is 12.1 Å². The Labute approximate surface area is 142 Å². The summed E-state index contributed by atoms with van der Waals surface area (Å²) in [7, 11) is 0. The molecule has 2 rings (SSSR count). The summed E-state index contributed by atoms with van der Waals surface area (Å²) in [4.78, 5) is 24.6. The quantitative estimate of drug-likeness (QED) is 0.848. The van der Waals surface area contributed by atoms with Crippen LogP contribution in [0.3, 0.4) is 0 Å². The fourth-order valence-corrected chi connectivity index (χ4v) is 2.82. The maximum absolute atomic E-state index is 12.4. The maximum Gasteiger partial charge on any atom is 0.340 e. The lowest BCUT2D eigenvalue weighted by Gasteiger charge is -2.15. The van der Waals surface area contributed by atoms with Gasteiger partial charge in [0.1, 0.15) is 0 Å². The van der Waals surface area contributed by atoms with Crippen molar-refractivity contribution < 1.29 is 14.3 Å². The first-order chi connectivity index (χ1) is 11.3. The summed E-state index contributed by atoms with van der Waals surface area (Å²) in [5.41, 5.74) is 3.02. The number of hydrogen-bond donors (Lipinski definition) is 1. The second kappa shape index (κ2) is 7.34. The van der Waals surface area contributed by atoms with E-state index in [-0.39, 0.29) is 11.9 Å². The molecule has 0 aliphatic rings. The van der Waals surface area contributed by atoms with Crippen LogP contribution in [0, 0.1) is 13.8 Å². The Balaban J connectivity index is 2.06. The number of rotatable bonds is 5. The molecule has 5 nitrogen and oxygen atoms in total. The highest BCUT2D eigenvalue weighted by atomic mass is 16.5. The van der Waals surface area contributed by atoms with Gasteiger partial charge in [0.05, 0.1) is 5.56 Å². The highest BCUT2D eigenvalue weighted by molar-refractivity contribution is 5.97. The highest BCUT2D eigenvalue weighted by Crippen LogP contribution is 2.21. The second-order valence-corrected chi connectivity index (χ2v) is 6.15. The van der Waals surface area contributed by atoms with Gasteiger partial charge in [-0.3, -0.25) is 4.79 Å². The number of ether oxygens (including phenoxy) is 1. The Kier molecular flexibility index (Phi) is 5.44. The van der Waals surface area contributed by atoms with E-state index in [9.17, 15) is 9.59 Å². The number of aryl methyl sites for hydroxylation is 1. The van der Waals surface area contributed by atoms with Crippen molar-refractivity contribution in [2.24, 2.45) is 0 Å². The van der Waals surface area contributed by atoms with Gasteiger partial charge in [0.2, 0.25) is 0 Å². The van der Waals surface area contributed by atoms with E-state index in [1.165, 1.54) is 0 Å². The van der Waals surface area contributed by atoms with Crippen LogP contribution >= 0.6 is 0 Å². The first-order valence-corrected chi connectivity index (χ1v) is 8.06. The number of esters is 1. The van der Waals surface area contributed by atoms with E-state index in [4.69, 9.17) is 4.74 Å². The van der Waals surface area contributed by atoms with Crippen LogP contribution in [-0.4, -0.2) is 22.5 Å². The average Bonchev–Trinajstić information content (AvgIpc) is 2.83. The molecule has 1 atom stereocenters. The van der Waals surface area contributed by atoms with Crippen LogP contribution in [0.5, 0.6) is 0 Å². The third kappa shape index (κ3) is 3.85. The molecule has 1 N–H and O–H groups in total. The van der Waals surface area contributed by atoms with Crippen molar-refractivity contribution in [3.63, 3.8) is 0 Å². The molecule has 0 fully saturated rings. The highest BCUT2D eigenvalue weighted by Gasteiger charge is 2.23. The number of hydrogen-bond acceptors (Lipinski definition) is 3. The van der Waals surface area contributed by atoms with Gasteiger partial charge in [-0.15, -0.1) is 0 Å². The Morgan fingerprint density at radius 3 is 2.25 bits per heavy atom. The van der Waals surface area contributed by atoms with Crippen LogP contribution in [0.1, 0.15) is 48.6 Å². The minimum atomic E-state index is -0.875. The molecule has 2 aromatic rings. The van der Waals surface area contributed by atoms with Gasteiger partial charge in [-0.25, -0.2) is 4.79 Å². The van der Waals surface area contributed by atoms with Gasteiger partial charge in [-0.1, -0.05) is 18.2 Å². The molecule has 128 valence electrons. The molecule has 1 heterocycles. The predicted molar refractivity (Wildman–Crippen MR) is 94.2 cm³/mol. The van der Waals surface area contributed by atoms with Crippen molar-refractivity contribution in [2.45, 2.75) is 46.8 Å². The van der Waals surface area contributed by atoms with E-state index in [1.807, 2.05) is 32.0 Å². The number of aromatic nitrogens is 1. The van der Waals surface area contributed by atoms with Crippen molar-refractivity contribution in [2.75, 3.05) is 5.32 Å². The summed E-state index contributed by atoms with van der Waals surface area (Å²) >= 11 is 0. The number of nitrogens with zero attached hydrogens (tertiary/aromatic N) is 1. The smallest absolute Gasteiger partial charge is 0.340 e. The van der Waals surface area contributed by atoms with Crippen LogP contribution in [0.4, 0.5) is 5.69 Å². The third-order valence-electron chi connectivity index (χ3n) is 3.92. The first-order valence-electron chi connectivity index (χ1n) is 8.06. The van der Waals surface area contributed by atoms with Crippen molar-refractivity contribution >= 4 is 17.6 Å². The molecule has 0 bridgehead atoms. The van der Waals surface area contributed by atoms with Crippen molar-refractivity contribution in [3.8, 4) is 0 Å². The van der Waals surface area contributed by atoms with Crippen LogP contribution < -0.4 is 5.32 Å². The summed E-state index contributed by atoms with van der Waals surface area (Å²) in [6.07, 6.45) is -0.875. The van der Waals surface area contributed by atoms with Gasteiger partial charge >= 0.3 is 5.97 Å². The van der Waals surface area contributed by atoms with Crippen LogP contribution in [0.25, 0.3) is 0 Å². The van der Waals surface area contributed by atoms with E-state index in [1.54, 1.807) is 25.1 Å². The molecule has 0 aliphatic carbocycles. The van der Waals surface area contributed by atoms with Crippen LogP contribution in [0.2, 0.25) is 0 Å². The van der Waals surface area contributed by atoms with Gasteiger partial charge < -0.3 is 14.6 Å². The summed E-state index contributed by atoms with van der Waals surface area (Å²) in [6.45, 7) is 9.53. The molecule has 0 unspecified atom stereocenters. The normalized spacial score (nSPS) is 12.1. The number of amides is 1. The Hall–Kier alpha value is -2.56. The van der Waals surface area contributed by atoms with E-state index in [0.29, 0.717) is 11.3 Å². The maximum atomic E-state index is 12.4. The fourth-order valence-electron chi connectivity index (χ4n) is 2.82. The van der Waals surface area contributed by atoms with Gasteiger partial charge in [-0.2, -0.15) is 0 Å². The zero-order chi connectivity index (χ0) is 17.9. The van der Waals surface area contributed by atoms with Crippen LogP contribution in [-0.2, 0) is 9.53 Å². The number of benzene rings is 1. The van der Waals surface area contributed by atoms with E-state index in [2.05, 4.69) is 23.7 Å². The third-order valence-corrected chi connectivity index (χ3v) is 3.92. The minimum absolute atomic E-state index is 0.255. The molecular formula is C19H24N2O3. The summed E-state index contributed by atoms with van der Waals surface area (Å²) in [5, 5.41) is 2.73. The molecule has 24 heavy (non-hydrogen) atoms. The van der Waals surface area contributed by atoms with E-state index in [0.717, 1.165) is 11.4 Å². The molecule has 0 radical (unpaired) electrons. The molecule has 0 saturated carbocycles. The van der Waals surface area contributed by atoms with Gasteiger partial charge in [0, 0.05) is 23.1 Å². The molecule has 1 aromatic heterocycles. The zero-order valence-electron chi connectivity index (χ0n) is 14.8. The predicted octanol–water partition coefficient (Wildman–Crippen LogP) is 3.87. The monoisotopic (exact) mass is 328 g/mol. The lowest BCUT2D eigenvalue weighted by Crippen LogP contribution is -2.30. The van der Waals surface area contributed by atoms with Gasteiger partial charge in [-0.05, 0) is 52.8 Å². The lowest BCUT2D eigenvalue weighted by molar-refractivity contribution is -0.123. The van der Waals surface area contributed by atoms with Gasteiger partial charge in [0.25, 0.3) is 5.91 Å². The molecule has 0 aliphatic heterocycles. The molecule has 0 saturated heterocycles. The Morgan fingerprint density at radius 1 is 1.08 bits per heavy atom. The molecule has 1 amide bonds. The number of carbonyl (C=O) groups is 2. The minimum Gasteiger partial charge on any atom is -0.449 e. The van der Waals surface area contributed by atoms with Gasteiger partial charge in [0.15, 0.2) is 6.10 Å². The SMILES string of the molecule is Cc1cc(C(=O)O[C@H](C)C(=O)Nc2ccccc2)c(C)n1C(C)C. The second-order valence-electron chi connectivity index (χ2n) is 6.15. The zero-order valence-corrected chi connectivity index (χ0v) is 14.8. The standard InChI is InChI=1S/C19H24N2O3/c1-12(2)21-13(3)11-17(14(21)4)19(23)24-15(5)18(22)20-16-9-7-6-8-10-16/h6-12,15H,1-5H3,(H,20,22)/t15-/m1/s1. The topological polar surface area (TPSA) is 60.3 Å². The number of nitrogens with one attached hydrogen (secondary N) is 1. The Bertz CT molecular complexity index is 733. The molecule has 5 heteroatoms. The Morgan fingerprint density at radius 2 is 1.71 bits per heavy atom. The number of carbonyl (C=O) groups excluding carboxylic acids is 2. The average molecular weight is 328 g/mol. The van der Waals surface area contributed by atoms with Crippen molar-refractivity contribution in [3.05, 3.63) is 53.3 Å². The summed E-state index contributed by atoms with van der Waals surface area (Å²) in [5.74, 6) is -0.835. The van der Waals surface area contributed by atoms with Crippen molar-refractivity contribution in [1.29, 1.82) is 0 Å². The number of para-hydroxylation sites is 1.